The largest absolute Gasteiger partial charge is 0.393 e. The van der Waals surface area contributed by atoms with Crippen molar-refractivity contribution in [1.82, 2.24) is 4.90 Å². The number of hydrogen-bond donors (Lipinski definition) is 1. The molecule has 2 atom stereocenters. The number of anilines is 1. The summed E-state index contributed by atoms with van der Waals surface area (Å²) in [4.78, 5) is 4.81. The van der Waals surface area contributed by atoms with Crippen molar-refractivity contribution in [3.63, 3.8) is 0 Å². The fourth-order valence-corrected chi connectivity index (χ4v) is 3.34. The van der Waals surface area contributed by atoms with Crippen LogP contribution in [0.15, 0.2) is 24.3 Å². The maximum Gasteiger partial charge on any atom is 0.0624 e. The fraction of sp³-hybridized carbons (Fsp3) is 0.625. The van der Waals surface area contributed by atoms with Crippen molar-refractivity contribution in [3.8, 4) is 0 Å². The second-order valence-electron chi connectivity index (χ2n) is 5.96. The van der Waals surface area contributed by atoms with Crippen LogP contribution < -0.4 is 4.90 Å². The van der Waals surface area contributed by atoms with Crippen LogP contribution in [-0.2, 0) is 4.74 Å². The van der Waals surface area contributed by atoms with E-state index in [2.05, 4.69) is 15.9 Å². The normalized spacial score (nSPS) is 27.8. The molecular weight excluding hydrogens is 288 g/mol. The molecule has 116 valence electrons. The smallest absolute Gasteiger partial charge is 0.0624 e. The first-order valence-electron chi connectivity index (χ1n) is 7.71. The Morgan fingerprint density at radius 2 is 2.05 bits per heavy atom. The van der Waals surface area contributed by atoms with Gasteiger partial charge in [-0.25, -0.2) is 0 Å². The minimum absolute atomic E-state index is 0.204. The second-order valence-corrected chi connectivity index (χ2v) is 6.39. The maximum absolute atomic E-state index is 10.0. The molecule has 1 aromatic rings. The SMILES string of the molecule is OC1CCOCC1CN1CCN(c2cccc(Cl)c2)CC1. The standard InChI is InChI=1S/C16H23ClN2O2/c17-14-2-1-3-15(10-14)19-7-5-18(6-8-19)11-13-12-21-9-4-16(13)20/h1-3,10,13,16,20H,4-9,11-12H2. The van der Waals surface area contributed by atoms with Gasteiger partial charge in [-0.15, -0.1) is 0 Å². The summed E-state index contributed by atoms with van der Waals surface area (Å²) in [5.41, 5.74) is 1.20. The van der Waals surface area contributed by atoms with E-state index >= 15 is 0 Å². The van der Waals surface area contributed by atoms with Crippen molar-refractivity contribution in [2.24, 2.45) is 5.92 Å². The van der Waals surface area contributed by atoms with Gasteiger partial charge in [-0.05, 0) is 24.6 Å². The van der Waals surface area contributed by atoms with Gasteiger partial charge in [0.15, 0.2) is 0 Å². The van der Waals surface area contributed by atoms with Crippen molar-refractivity contribution in [2.75, 3.05) is 50.8 Å². The van der Waals surface area contributed by atoms with Crippen LogP contribution in [0.2, 0.25) is 5.02 Å². The predicted molar refractivity (Wildman–Crippen MR) is 85.0 cm³/mol. The molecule has 0 spiro atoms. The summed E-state index contributed by atoms with van der Waals surface area (Å²) in [5.74, 6) is 0.261. The molecule has 2 aliphatic heterocycles. The molecule has 3 rings (SSSR count). The Labute approximate surface area is 131 Å². The Balaban J connectivity index is 1.51. The number of nitrogens with zero attached hydrogens (tertiary/aromatic N) is 2. The van der Waals surface area contributed by atoms with Gasteiger partial charge in [0.2, 0.25) is 0 Å². The average molecular weight is 311 g/mol. The van der Waals surface area contributed by atoms with Gasteiger partial charge in [0.1, 0.15) is 0 Å². The molecule has 2 aliphatic rings. The lowest BCUT2D eigenvalue weighted by molar-refractivity contribution is -0.0469. The Morgan fingerprint density at radius 1 is 1.24 bits per heavy atom. The summed E-state index contributed by atoms with van der Waals surface area (Å²) >= 11 is 6.06. The van der Waals surface area contributed by atoms with Gasteiger partial charge < -0.3 is 14.7 Å². The number of piperazine rings is 1. The van der Waals surface area contributed by atoms with Crippen LogP contribution in [-0.4, -0.2) is 62.0 Å². The van der Waals surface area contributed by atoms with Gasteiger partial charge in [-0.1, -0.05) is 17.7 Å². The second kappa shape index (κ2) is 6.97. The van der Waals surface area contributed by atoms with Crippen LogP contribution in [0.25, 0.3) is 0 Å². The van der Waals surface area contributed by atoms with Crippen molar-refractivity contribution < 1.29 is 9.84 Å². The highest BCUT2D eigenvalue weighted by Gasteiger charge is 2.27. The van der Waals surface area contributed by atoms with E-state index < -0.39 is 0 Å². The van der Waals surface area contributed by atoms with Crippen LogP contribution in [0.4, 0.5) is 5.69 Å². The van der Waals surface area contributed by atoms with Gasteiger partial charge in [-0.3, -0.25) is 4.90 Å². The summed E-state index contributed by atoms with van der Waals surface area (Å²) in [7, 11) is 0. The summed E-state index contributed by atoms with van der Waals surface area (Å²) in [5, 5.41) is 10.8. The number of aliphatic hydroxyl groups is 1. The average Bonchev–Trinajstić information content (AvgIpc) is 2.50. The molecule has 1 N–H and O–H groups in total. The van der Waals surface area contributed by atoms with Gasteiger partial charge in [0, 0.05) is 56.0 Å². The molecule has 0 aromatic heterocycles. The fourth-order valence-electron chi connectivity index (χ4n) is 3.15. The van der Waals surface area contributed by atoms with Crippen LogP contribution in [0.3, 0.4) is 0 Å². The predicted octanol–water partition coefficient (Wildman–Crippen LogP) is 1.86. The lowest BCUT2D eigenvalue weighted by atomic mass is 9.98. The van der Waals surface area contributed by atoms with Gasteiger partial charge in [0.05, 0.1) is 12.7 Å². The molecule has 4 nitrogen and oxygen atoms in total. The zero-order valence-electron chi connectivity index (χ0n) is 12.2. The number of hydrogen-bond acceptors (Lipinski definition) is 4. The minimum Gasteiger partial charge on any atom is -0.393 e. The van der Waals surface area contributed by atoms with Crippen LogP contribution in [0, 0.1) is 5.92 Å². The summed E-state index contributed by atoms with van der Waals surface area (Å²) in [6.45, 7) is 6.37. The van der Waals surface area contributed by atoms with E-state index in [1.165, 1.54) is 5.69 Å². The third kappa shape index (κ3) is 3.89. The summed E-state index contributed by atoms with van der Waals surface area (Å²) in [6.07, 6.45) is 0.567. The third-order valence-corrected chi connectivity index (χ3v) is 4.71. The number of benzene rings is 1. The van der Waals surface area contributed by atoms with E-state index in [0.717, 1.165) is 44.2 Å². The number of halogens is 1. The topological polar surface area (TPSA) is 35.9 Å². The van der Waals surface area contributed by atoms with Crippen molar-refractivity contribution in [1.29, 1.82) is 0 Å². The molecule has 2 saturated heterocycles. The lowest BCUT2D eigenvalue weighted by Gasteiger charge is -2.39. The van der Waals surface area contributed by atoms with E-state index in [-0.39, 0.29) is 12.0 Å². The minimum atomic E-state index is -0.204. The van der Waals surface area contributed by atoms with Crippen molar-refractivity contribution in [2.45, 2.75) is 12.5 Å². The molecule has 2 unspecified atom stereocenters. The highest BCUT2D eigenvalue weighted by molar-refractivity contribution is 6.30. The Hall–Kier alpha value is -0.810. The molecule has 1 aromatic carbocycles. The van der Waals surface area contributed by atoms with Gasteiger partial charge in [-0.2, -0.15) is 0 Å². The van der Waals surface area contributed by atoms with Gasteiger partial charge in [0.25, 0.3) is 0 Å². The Kier molecular flexibility index (Phi) is 5.01. The molecule has 0 radical (unpaired) electrons. The third-order valence-electron chi connectivity index (χ3n) is 4.47. The first-order valence-corrected chi connectivity index (χ1v) is 8.09. The monoisotopic (exact) mass is 310 g/mol. The number of rotatable bonds is 3. The van der Waals surface area contributed by atoms with Crippen molar-refractivity contribution >= 4 is 17.3 Å². The van der Waals surface area contributed by atoms with Crippen LogP contribution >= 0.6 is 11.6 Å². The lowest BCUT2D eigenvalue weighted by Crippen LogP contribution is -2.50. The molecule has 5 heteroatoms. The van der Waals surface area contributed by atoms with Crippen molar-refractivity contribution in [3.05, 3.63) is 29.3 Å². The summed E-state index contributed by atoms with van der Waals surface area (Å²) < 4.78 is 5.49. The molecule has 2 heterocycles. The molecule has 0 aliphatic carbocycles. The zero-order chi connectivity index (χ0) is 14.7. The Morgan fingerprint density at radius 3 is 2.76 bits per heavy atom. The highest BCUT2D eigenvalue weighted by atomic mass is 35.5. The van der Waals surface area contributed by atoms with E-state index in [0.29, 0.717) is 13.2 Å². The molecule has 0 bridgehead atoms. The summed E-state index contributed by atoms with van der Waals surface area (Å²) in [6, 6.07) is 8.04. The Bertz CT molecular complexity index is 463. The molecule has 2 fully saturated rings. The molecule has 21 heavy (non-hydrogen) atoms. The zero-order valence-corrected chi connectivity index (χ0v) is 13.0. The highest BCUT2D eigenvalue weighted by Crippen LogP contribution is 2.22. The first kappa shape index (κ1) is 15.1. The number of aliphatic hydroxyl groups excluding tert-OH is 1. The first-order chi connectivity index (χ1) is 10.2. The van der Waals surface area contributed by atoms with Crippen LogP contribution in [0.5, 0.6) is 0 Å². The van der Waals surface area contributed by atoms with E-state index in [9.17, 15) is 5.11 Å². The van der Waals surface area contributed by atoms with E-state index in [1.54, 1.807) is 0 Å². The van der Waals surface area contributed by atoms with Crippen LogP contribution in [0.1, 0.15) is 6.42 Å². The van der Waals surface area contributed by atoms with Gasteiger partial charge >= 0.3 is 0 Å². The molecule has 0 amide bonds. The maximum atomic E-state index is 10.0. The van der Waals surface area contributed by atoms with E-state index in [1.807, 2.05) is 18.2 Å². The number of ether oxygens (including phenoxy) is 1. The molecular formula is C16H23ClN2O2. The molecule has 0 saturated carbocycles. The quantitative estimate of drug-likeness (QED) is 0.924. The van der Waals surface area contributed by atoms with E-state index in [4.69, 9.17) is 16.3 Å².